The lowest BCUT2D eigenvalue weighted by Crippen LogP contribution is -2.47. The lowest BCUT2D eigenvalue weighted by molar-refractivity contribution is -0.139. The van der Waals surface area contributed by atoms with Gasteiger partial charge in [-0.15, -0.1) is 5.26 Å². The standard InChI is InChI=1S/C22H30N2O5/c1-16(2)28-18-8-6-7-17(13-18)22(14-19(25)27-15-23)9-11-24(12-10-22)20(26)29-21(3,4)5/h6-8,13,16H,9-12,14H2,1-5H3. The summed E-state index contributed by atoms with van der Waals surface area (Å²) in [6, 6.07) is 7.66. The molecular formula is C22H30N2O5. The lowest BCUT2D eigenvalue weighted by atomic mass is 9.70. The Balaban J connectivity index is 2.24. The maximum atomic E-state index is 12.4. The zero-order chi connectivity index (χ0) is 21.7. The number of ether oxygens (including phenoxy) is 3. The molecule has 0 aromatic heterocycles. The van der Waals surface area contributed by atoms with Gasteiger partial charge in [-0.1, -0.05) is 12.1 Å². The fraction of sp³-hybridized carbons (Fsp3) is 0.591. The molecule has 1 aliphatic rings. The monoisotopic (exact) mass is 402 g/mol. The molecule has 0 unspecified atom stereocenters. The highest BCUT2D eigenvalue weighted by Crippen LogP contribution is 2.40. The molecule has 2 rings (SSSR count). The van der Waals surface area contributed by atoms with Crippen molar-refractivity contribution in [2.45, 2.75) is 71.0 Å². The van der Waals surface area contributed by atoms with Gasteiger partial charge >= 0.3 is 12.1 Å². The zero-order valence-corrected chi connectivity index (χ0v) is 17.9. The van der Waals surface area contributed by atoms with Crippen molar-refractivity contribution in [1.82, 2.24) is 4.90 Å². The first-order valence-electron chi connectivity index (χ1n) is 9.88. The van der Waals surface area contributed by atoms with E-state index in [0.717, 1.165) is 11.3 Å². The molecule has 1 amide bonds. The highest BCUT2D eigenvalue weighted by molar-refractivity contribution is 5.73. The lowest BCUT2D eigenvalue weighted by Gasteiger charge is -2.41. The van der Waals surface area contributed by atoms with Crippen LogP contribution in [0.15, 0.2) is 24.3 Å². The molecular weight excluding hydrogens is 372 g/mol. The second-order valence-corrected chi connectivity index (χ2v) is 8.68. The normalized spacial score (nSPS) is 16.1. The number of esters is 1. The van der Waals surface area contributed by atoms with Crippen LogP contribution >= 0.6 is 0 Å². The van der Waals surface area contributed by atoms with Crippen molar-refractivity contribution in [3.8, 4) is 12.0 Å². The third-order valence-electron chi connectivity index (χ3n) is 4.83. The Morgan fingerprint density at radius 3 is 2.45 bits per heavy atom. The van der Waals surface area contributed by atoms with Crippen LogP contribution in [0.3, 0.4) is 0 Å². The van der Waals surface area contributed by atoms with Crippen molar-refractivity contribution >= 4 is 12.1 Å². The number of piperidine rings is 1. The third-order valence-corrected chi connectivity index (χ3v) is 4.83. The number of benzene rings is 1. The van der Waals surface area contributed by atoms with Gasteiger partial charge in [0.2, 0.25) is 0 Å². The summed E-state index contributed by atoms with van der Waals surface area (Å²) in [5.74, 6) is 0.147. The number of amides is 1. The van der Waals surface area contributed by atoms with Crippen LogP contribution < -0.4 is 4.74 Å². The number of carbonyl (C=O) groups is 2. The zero-order valence-electron chi connectivity index (χ0n) is 17.9. The molecule has 0 bridgehead atoms. The average Bonchev–Trinajstić information content (AvgIpc) is 2.60. The van der Waals surface area contributed by atoms with E-state index in [2.05, 4.69) is 4.74 Å². The molecule has 29 heavy (non-hydrogen) atoms. The van der Waals surface area contributed by atoms with Gasteiger partial charge in [0, 0.05) is 18.5 Å². The Labute approximate surface area is 172 Å². The van der Waals surface area contributed by atoms with Crippen molar-refractivity contribution in [2.75, 3.05) is 13.1 Å². The van der Waals surface area contributed by atoms with Gasteiger partial charge in [0.25, 0.3) is 6.26 Å². The minimum absolute atomic E-state index is 0.0266. The maximum Gasteiger partial charge on any atom is 0.410 e. The van der Waals surface area contributed by atoms with E-state index < -0.39 is 17.0 Å². The van der Waals surface area contributed by atoms with Crippen LogP contribution in [0.1, 0.15) is 59.4 Å². The average molecular weight is 402 g/mol. The van der Waals surface area contributed by atoms with Gasteiger partial charge in [-0.3, -0.25) is 4.79 Å². The van der Waals surface area contributed by atoms with Crippen LogP contribution in [0.2, 0.25) is 0 Å². The predicted octanol–water partition coefficient (Wildman–Crippen LogP) is 4.16. The Kier molecular flexibility index (Phi) is 7.12. The van der Waals surface area contributed by atoms with Gasteiger partial charge in [-0.25, -0.2) is 4.79 Å². The first-order chi connectivity index (χ1) is 13.5. The Morgan fingerprint density at radius 2 is 1.90 bits per heavy atom. The summed E-state index contributed by atoms with van der Waals surface area (Å²) in [4.78, 5) is 26.2. The van der Waals surface area contributed by atoms with E-state index in [9.17, 15) is 9.59 Å². The highest BCUT2D eigenvalue weighted by Gasteiger charge is 2.41. The van der Waals surface area contributed by atoms with Crippen molar-refractivity contribution in [3.05, 3.63) is 29.8 Å². The molecule has 0 atom stereocenters. The molecule has 1 saturated heterocycles. The first kappa shape index (κ1) is 22.5. The number of likely N-dealkylation sites (tertiary alicyclic amines) is 1. The van der Waals surface area contributed by atoms with E-state index in [0.29, 0.717) is 25.9 Å². The van der Waals surface area contributed by atoms with Crippen LogP contribution in [0.4, 0.5) is 4.79 Å². The molecule has 0 spiro atoms. The summed E-state index contributed by atoms with van der Waals surface area (Å²) in [5.41, 5.74) is -0.164. The highest BCUT2D eigenvalue weighted by atomic mass is 16.6. The van der Waals surface area contributed by atoms with Crippen molar-refractivity contribution in [3.63, 3.8) is 0 Å². The molecule has 0 aliphatic carbocycles. The molecule has 0 N–H and O–H groups in total. The largest absolute Gasteiger partial charge is 0.491 e. The van der Waals surface area contributed by atoms with Crippen LogP contribution in [-0.4, -0.2) is 41.8 Å². The number of nitrogens with zero attached hydrogens (tertiary/aromatic N) is 2. The topological polar surface area (TPSA) is 88.9 Å². The molecule has 0 saturated carbocycles. The SMILES string of the molecule is CC(C)Oc1cccc(C2(CC(=O)OC#N)CCN(C(=O)OC(C)(C)C)CC2)c1. The summed E-state index contributed by atoms with van der Waals surface area (Å²) in [7, 11) is 0. The minimum Gasteiger partial charge on any atom is -0.491 e. The number of rotatable bonds is 5. The molecule has 7 heteroatoms. The van der Waals surface area contributed by atoms with E-state index in [1.807, 2.05) is 58.9 Å². The van der Waals surface area contributed by atoms with Gasteiger partial charge < -0.3 is 19.1 Å². The number of hydrogen-bond acceptors (Lipinski definition) is 6. The molecule has 1 fully saturated rings. The third kappa shape index (κ3) is 6.38. The van der Waals surface area contributed by atoms with E-state index in [-0.39, 0.29) is 18.6 Å². The van der Waals surface area contributed by atoms with Crippen molar-refractivity contribution in [1.29, 1.82) is 5.26 Å². The van der Waals surface area contributed by atoms with Crippen LogP contribution in [-0.2, 0) is 19.7 Å². The number of carbonyl (C=O) groups excluding carboxylic acids is 2. The first-order valence-corrected chi connectivity index (χ1v) is 9.88. The summed E-state index contributed by atoms with van der Waals surface area (Å²) in [6.07, 6.45) is 2.30. The minimum atomic E-state index is -0.576. The van der Waals surface area contributed by atoms with Crippen molar-refractivity contribution < 1.29 is 23.8 Å². The quantitative estimate of drug-likeness (QED) is 0.543. The summed E-state index contributed by atoms with van der Waals surface area (Å²) in [5, 5.41) is 8.70. The Hall–Kier alpha value is -2.75. The fourth-order valence-electron chi connectivity index (χ4n) is 3.55. The molecule has 1 aromatic carbocycles. The molecule has 1 heterocycles. The predicted molar refractivity (Wildman–Crippen MR) is 107 cm³/mol. The van der Waals surface area contributed by atoms with Gasteiger partial charge in [-0.2, -0.15) is 0 Å². The molecule has 1 aliphatic heterocycles. The Bertz CT molecular complexity index is 768. The smallest absolute Gasteiger partial charge is 0.410 e. The fourth-order valence-corrected chi connectivity index (χ4v) is 3.55. The summed E-state index contributed by atoms with van der Waals surface area (Å²) >= 11 is 0. The van der Waals surface area contributed by atoms with E-state index >= 15 is 0 Å². The van der Waals surface area contributed by atoms with Gasteiger partial charge in [0.1, 0.15) is 11.4 Å². The van der Waals surface area contributed by atoms with E-state index in [1.165, 1.54) is 6.26 Å². The Morgan fingerprint density at radius 1 is 1.24 bits per heavy atom. The second-order valence-electron chi connectivity index (χ2n) is 8.68. The molecule has 7 nitrogen and oxygen atoms in total. The molecule has 158 valence electrons. The summed E-state index contributed by atoms with van der Waals surface area (Å²) < 4.78 is 15.8. The van der Waals surface area contributed by atoms with Crippen LogP contribution in [0.25, 0.3) is 0 Å². The van der Waals surface area contributed by atoms with Crippen LogP contribution in [0.5, 0.6) is 5.75 Å². The van der Waals surface area contributed by atoms with E-state index in [4.69, 9.17) is 14.7 Å². The van der Waals surface area contributed by atoms with Gasteiger partial charge in [-0.05, 0) is 65.2 Å². The van der Waals surface area contributed by atoms with Gasteiger partial charge in [0.05, 0.1) is 12.5 Å². The van der Waals surface area contributed by atoms with Gasteiger partial charge in [0.15, 0.2) is 0 Å². The summed E-state index contributed by atoms with van der Waals surface area (Å²) in [6.45, 7) is 10.3. The van der Waals surface area contributed by atoms with Crippen LogP contribution in [0, 0.1) is 11.5 Å². The second kappa shape index (κ2) is 9.17. The molecule has 1 aromatic rings. The molecule has 0 radical (unpaired) electrons. The number of hydrogen-bond donors (Lipinski definition) is 0. The van der Waals surface area contributed by atoms with Crippen molar-refractivity contribution in [2.24, 2.45) is 0 Å². The van der Waals surface area contributed by atoms with E-state index in [1.54, 1.807) is 4.90 Å². The maximum absolute atomic E-state index is 12.4. The number of nitriles is 1.